The fraction of sp³-hybridized carbons (Fsp3) is 0.261. The van der Waals surface area contributed by atoms with Crippen LogP contribution in [0.25, 0.3) is 0 Å². The second-order valence-corrected chi connectivity index (χ2v) is 7.22. The summed E-state index contributed by atoms with van der Waals surface area (Å²) in [6.45, 7) is 3.08. The van der Waals surface area contributed by atoms with E-state index in [1.54, 1.807) is 48.5 Å². The first-order valence-corrected chi connectivity index (χ1v) is 10.3. The lowest BCUT2D eigenvalue weighted by atomic mass is 10.2. The summed E-state index contributed by atoms with van der Waals surface area (Å²) < 4.78 is 23.8. The number of ether oxygens (including phenoxy) is 1. The topological polar surface area (TPSA) is 83.2 Å². The van der Waals surface area contributed by atoms with Crippen LogP contribution in [-0.4, -0.2) is 59.9 Å². The number of halogens is 1. The number of rotatable bonds is 5. The van der Waals surface area contributed by atoms with Crippen LogP contribution in [0.5, 0.6) is 11.6 Å². The van der Waals surface area contributed by atoms with Gasteiger partial charge < -0.3 is 24.3 Å². The molecule has 2 aromatic heterocycles. The average molecular weight is 437 g/mol. The zero-order chi connectivity index (χ0) is 22.3. The van der Waals surface area contributed by atoms with Crippen LogP contribution < -0.4 is 10.1 Å². The Bertz CT molecular complexity index is 1040. The third kappa shape index (κ3) is 5.23. The molecule has 0 spiro atoms. The number of hydrogen-bond donors (Lipinski definition) is 1. The predicted octanol–water partition coefficient (Wildman–Crippen LogP) is 3.14. The Hall–Kier alpha value is -3.88. The summed E-state index contributed by atoms with van der Waals surface area (Å²) >= 11 is 0. The zero-order valence-electron chi connectivity index (χ0n) is 17.7. The number of carbonyl (C=O) groups is 1. The van der Waals surface area contributed by atoms with E-state index in [9.17, 15) is 9.18 Å². The number of aromatic nitrogens is 1. The Morgan fingerprint density at radius 1 is 1.12 bits per heavy atom. The predicted molar refractivity (Wildman–Crippen MR) is 117 cm³/mol. The van der Waals surface area contributed by atoms with Gasteiger partial charge in [-0.15, -0.1) is 0 Å². The molecule has 0 radical (unpaired) electrons. The third-order valence-corrected chi connectivity index (χ3v) is 5.09. The van der Waals surface area contributed by atoms with Crippen molar-refractivity contribution in [1.29, 1.82) is 0 Å². The van der Waals surface area contributed by atoms with Crippen molar-refractivity contribution in [3.8, 4) is 11.6 Å². The molecule has 0 atom stereocenters. The number of aliphatic imine (C=N–C) groups is 1. The van der Waals surface area contributed by atoms with Gasteiger partial charge in [0.05, 0.1) is 6.26 Å². The number of piperazine rings is 1. The SMILES string of the molecule is CN=C(NCc1ccc(Oc2ccc(F)cc2)nc1)N1CCN(C(=O)c2ccco2)CC1. The molecule has 4 rings (SSSR count). The maximum absolute atomic E-state index is 13.0. The Morgan fingerprint density at radius 3 is 2.50 bits per heavy atom. The molecule has 0 bridgehead atoms. The van der Waals surface area contributed by atoms with Crippen LogP contribution in [0.15, 0.2) is 70.4 Å². The number of nitrogens with one attached hydrogen (secondary N) is 1. The largest absolute Gasteiger partial charge is 0.459 e. The third-order valence-electron chi connectivity index (χ3n) is 5.09. The fourth-order valence-electron chi connectivity index (χ4n) is 3.39. The number of pyridine rings is 1. The van der Waals surface area contributed by atoms with Crippen LogP contribution in [-0.2, 0) is 6.54 Å². The number of nitrogens with zero attached hydrogens (tertiary/aromatic N) is 4. The highest BCUT2D eigenvalue weighted by Gasteiger charge is 2.25. The van der Waals surface area contributed by atoms with Crippen molar-refractivity contribution in [2.75, 3.05) is 33.2 Å². The van der Waals surface area contributed by atoms with Crippen LogP contribution >= 0.6 is 0 Å². The quantitative estimate of drug-likeness (QED) is 0.488. The second kappa shape index (κ2) is 9.95. The van der Waals surface area contributed by atoms with Crippen molar-refractivity contribution < 1.29 is 18.3 Å². The monoisotopic (exact) mass is 437 g/mol. The smallest absolute Gasteiger partial charge is 0.289 e. The van der Waals surface area contributed by atoms with Gasteiger partial charge in [-0.05, 0) is 42.0 Å². The average Bonchev–Trinajstić information content (AvgIpc) is 3.37. The molecule has 0 saturated carbocycles. The lowest BCUT2D eigenvalue weighted by Crippen LogP contribution is -2.53. The standard InChI is InChI=1S/C23H24FN5O3/c1-25-23(29-12-10-28(11-13-29)22(30)20-3-2-14-31-20)27-16-17-4-9-21(26-15-17)32-19-7-5-18(24)6-8-19/h2-9,14-15H,10-13,16H2,1H3,(H,25,27). The summed E-state index contributed by atoms with van der Waals surface area (Å²) in [4.78, 5) is 25.0. The van der Waals surface area contributed by atoms with E-state index in [-0.39, 0.29) is 11.7 Å². The Balaban J connectivity index is 1.26. The van der Waals surface area contributed by atoms with Crippen LogP contribution in [0.4, 0.5) is 4.39 Å². The molecule has 3 aromatic rings. The van der Waals surface area contributed by atoms with Gasteiger partial charge in [0.15, 0.2) is 11.7 Å². The molecule has 166 valence electrons. The molecule has 0 aliphatic carbocycles. The van der Waals surface area contributed by atoms with Gasteiger partial charge in [0, 0.05) is 52.0 Å². The number of hydrogen-bond acceptors (Lipinski definition) is 5. The molecule has 1 saturated heterocycles. The van der Waals surface area contributed by atoms with Gasteiger partial charge in [0.1, 0.15) is 11.6 Å². The summed E-state index contributed by atoms with van der Waals surface area (Å²) in [7, 11) is 1.74. The molecule has 1 aliphatic rings. The molecule has 0 unspecified atom stereocenters. The van der Waals surface area contributed by atoms with E-state index in [1.807, 2.05) is 6.07 Å². The first-order valence-electron chi connectivity index (χ1n) is 10.3. The summed E-state index contributed by atoms with van der Waals surface area (Å²) in [6.07, 6.45) is 3.23. The van der Waals surface area contributed by atoms with E-state index < -0.39 is 0 Å². The van der Waals surface area contributed by atoms with Crippen molar-refractivity contribution in [1.82, 2.24) is 20.1 Å². The van der Waals surface area contributed by atoms with Crippen molar-refractivity contribution in [2.24, 2.45) is 4.99 Å². The van der Waals surface area contributed by atoms with E-state index in [0.29, 0.717) is 50.1 Å². The van der Waals surface area contributed by atoms with Gasteiger partial charge in [-0.3, -0.25) is 9.79 Å². The van der Waals surface area contributed by atoms with Crippen molar-refractivity contribution in [2.45, 2.75) is 6.54 Å². The highest BCUT2D eigenvalue weighted by atomic mass is 19.1. The zero-order valence-corrected chi connectivity index (χ0v) is 17.7. The second-order valence-electron chi connectivity index (χ2n) is 7.22. The lowest BCUT2D eigenvalue weighted by Gasteiger charge is -2.36. The molecule has 1 aliphatic heterocycles. The summed E-state index contributed by atoms with van der Waals surface area (Å²) in [6, 6.07) is 12.9. The van der Waals surface area contributed by atoms with E-state index >= 15 is 0 Å². The van der Waals surface area contributed by atoms with Crippen LogP contribution in [0, 0.1) is 5.82 Å². The molecule has 1 amide bonds. The molecule has 3 heterocycles. The first-order chi connectivity index (χ1) is 15.6. The molecule has 9 heteroatoms. The highest BCUT2D eigenvalue weighted by molar-refractivity contribution is 5.91. The number of guanidine groups is 1. The van der Waals surface area contributed by atoms with E-state index in [4.69, 9.17) is 9.15 Å². The molecular weight excluding hydrogens is 413 g/mol. The molecule has 32 heavy (non-hydrogen) atoms. The summed E-state index contributed by atoms with van der Waals surface area (Å²) in [5.74, 6) is 1.68. The number of amides is 1. The number of benzene rings is 1. The van der Waals surface area contributed by atoms with E-state index in [1.165, 1.54) is 18.4 Å². The normalized spacial score (nSPS) is 14.4. The fourth-order valence-corrected chi connectivity index (χ4v) is 3.39. The minimum atomic E-state index is -0.314. The molecule has 1 N–H and O–H groups in total. The van der Waals surface area contributed by atoms with Gasteiger partial charge in [-0.1, -0.05) is 6.07 Å². The van der Waals surface area contributed by atoms with Crippen LogP contribution in [0.3, 0.4) is 0 Å². The highest BCUT2D eigenvalue weighted by Crippen LogP contribution is 2.19. The summed E-state index contributed by atoms with van der Waals surface area (Å²) in [5.41, 5.74) is 0.962. The van der Waals surface area contributed by atoms with Gasteiger partial charge in [0.2, 0.25) is 5.88 Å². The van der Waals surface area contributed by atoms with Crippen molar-refractivity contribution in [3.05, 3.63) is 78.1 Å². The molecule has 1 aromatic carbocycles. The molecule has 8 nitrogen and oxygen atoms in total. The van der Waals surface area contributed by atoms with E-state index in [0.717, 1.165) is 11.5 Å². The number of furan rings is 1. The van der Waals surface area contributed by atoms with Gasteiger partial charge in [-0.2, -0.15) is 0 Å². The van der Waals surface area contributed by atoms with E-state index in [2.05, 4.69) is 20.2 Å². The van der Waals surface area contributed by atoms with Crippen molar-refractivity contribution >= 4 is 11.9 Å². The van der Waals surface area contributed by atoms with Crippen molar-refractivity contribution in [3.63, 3.8) is 0 Å². The Kier molecular flexibility index (Phi) is 6.64. The summed E-state index contributed by atoms with van der Waals surface area (Å²) in [5, 5.41) is 3.33. The van der Waals surface area contributed by atoms with Crippen LogP contribution in [0.2, 0.25) is 0 Å². The van der Waals surface area contributed by atoms with Crippen LogP contribution in [0.1, 0.15) is 16.1 Å². The van der Waals surface area contributed by atoms with Gasteiger partial charge in [0.25, 0.3) is 5.91 Å². The van der Waals surface area contributed by atoms with Gasteiger partial charge >= 0.3 is 0 Å². The Morgan fingerprint density at radius 2 is 1.88 bits per heavy atom. The Labute approximate surface area is 185 Å². The maximum Gasteiger partial charge on any atom is 0.289 e. The minimum Gasteiger partial charge on any atom is -0.459 e. The minimum absolute atomic E-state index is 0.0911. The first kappa shape index (κ1) is 21.4. The van der Waals surface area contributed by atoms with Gasteiger partial charge in [-0.25, -0.2) is 9.37 Å². The number of carbonyl (C=O) groups excluding carboxylic acids is 1. The lowest BCUT2D eigenvalue weighted by molar-refractivity contribution is 0.0657. The molecule has 1 fully saturated rings. The maximum atomic E-state index is 13.0. The molecular formula is C23H24FN5O3.